The van der Waals surface area contributed by atoms with Gasteiger partial charge >= 0.3 is 5.97 Å². The molecule has 0 radical (unpaired) electrons. The Morgan fingerprint density at radius 1 is 1.02 bits per heavy atom. The molecule has 9 nitrogen and oxygen atoms in total. The van der Waals surface area contributed by atoms with Gasteiger partial charge in [0.25, 0.3) is 5.91 Å². The first kappa shape index (κ1) is 28.1. The van der Waals surface area contributed by atoms with Crippen molar-refractivity contribution < 1.29 is 14.7 Å². The molecule has 2 aromatic carbocycles. The van der Waals surface area contributed by atoms with E-state index in [0.29, 0.717) is 11.6 Å². The number of carbonyl (C=O) groups is 2. The molecule has 1 amide bonds. The van der Waals surface area contributed by atoms with Crippen molar-refractivity contribution in [1.82, 2.24) is 29.2 Å². The molecule has 44 heavy (non-hydrogen) atoms. The Bertz CT molecular complexity index is 1950. The minimum atomic E-state index is -0.987. The number of hydrogen-bond donors (Lipinski definition) is 2. The second kappa shape index (κ2) is 10.8. The molecule has 0 bridgehead atoms. The number of nitrogens with zero attached hydrogens (tertiary/aromatic N) is 5. The van der Waals surface area contributed by atoms with E-state index in [4.69, 9.17) is 10.1 Å². The zero-order valence-corrected chi connectivity index (χ0v) is 25.5. The molecule has 0 saturated heterocycles. The number of carboxylic acids is 1. The molecule has 7 rings (SSSR count). The molecule has 5 aromatic rings. The number of aliphatic carboxylic acids is 1. The average molecular weight is 591 g/mol. The molecule has 0 unspecified atom stereocenters. The number of nitrogens with one attached hydrogen (secondary N) is 1. The summed E-state index contributed by atoms with van der Waals surface area (Å²) in [5.41, 5.74) is 7.25. The molecule has 226 valence electrons. The van der Waals surface area contributed by atoms with Gasteiger partial charge in [-0.2, -0.15) is 5.10 Å². The summed E-state index contributed by atoms with van der Waals surface area (Å²) < 4.78 is 6.39. The molecule has 2 fully saturated rings. The lowest BCUT2D eigenvalue weighted by Crippen LogP contribution is -2.52. The van der Waals surface area contributed by atoms with Crippen molar-refractivity contribution in [1.29, 1.82) is 0 Å². The average Bonchev–Trinajstić information content (AvgIpc) is 3.67. The minimum Gasteiger partial charge on any atom is -0.478 e. The number of rotatable bonds is 7. The summed E-state index contributed by atoms with van der Waals surface area (Å²) in [6.45, 7) is 2.17. The highest BCUT2D eigenvalue weighted by Crippen LogP contribution is 2.43. The van der Waals surface area contributed by atoms with Crippen LogP contribution in [0, 0.1) is 6.92 Å². The van der Waals surface area contributed by atoms with Gasteiger partial charge in [-0.15, -0.1) is 0 Å². The molecule has 2 aliphatic rings. The van der Waals surface area contributed by atoms with Crippen LogP contribution in [-0.2, 0) is 24.4 Å². The van der Waals surface area contributed by atoms with Crippen molar-refractivity contribution in [2.75, 3.05) is 0 Å². The third kappa shape index (κ3) is 4.71. The minimum absolute atomic E-state index is 0.100. The maximum Gasteiger partial charge on any atom is 0.328 e. The van der Waals surface area contributed by atoms with Crippen molar-refractivity contribution in [3.8, 4) is 11.3 Å². The fourth-order valence-electron chi connectivity index (χ4n) is 7.36. The number of hydrogen-bond acceptors (Lipinski definition) is 4. The summed E-state index contributed by atoms with van der Waals surface area (Å²) in [6, 6.07) is 12.3. The van der Waals surface area contributed by atoms with Gasteiger partial charge in [0.1, 0.15) is 5.82 Å². The fraction of sp³-hybridized carbons (Fsp3) is 0.371. The normalized spacial score (nSPS) is 17.0. The lowest BCUT2D eigenvalue weighted by Gasteiger charge is -2.41. The van der Waals surface area contributed by atoms with E-state index in [1.165, 1.54) is 36.0 Å². The van der Waals surface area contributed by atoms with Crippen molar-refractivity contribution in [3.63, 3.8) is 0 Å². The van der Waals surface area contributed by atoms with Crippen LogP contribution in [0.1, 0.15) is 84.7 Å². The number of aryl methyl sites for hydroxylation is 3. The van der Waals surface area contributed by atoms with Crippen LogP contribution in [0.3, 0.4) is 0 Å². The molecule has 0 aliphatic heterocycles. The van der Waals surface area contributed by atoms with E-state index < -0.39 is 11.5 Å². The monoisotopic (exact) mass is 590 g/mol. The Morgan fingerprint density at radius 3 is 2.50 bits per heavy atom. The SMILES string of the molecule is Cc1c(-c2cnn(C)c2)n(C2CCCCC2)c2ccc(C(=O)NC3(c4nc5ccc(/C=C/C(=O)O)cc5n4C)CCC3)cc12. The third-order valence-electron chi connectivity index (χ3n) is 9.75. The maximum atomic E-state index is 13.9. The number of aromatic nitrogens is 5. The maximum absolute atomic E-state index is 13.9. The van der Waals surface area contributed by atoms with Crippen molar-refractivity contribution in [2.24, 2.45) is 14.1 Å². The van der Waals surface area contributed by atoms with Gasteiger partial charge in [0.15, 0.2) is 0 Å². The smallest absolute Gasteiger partial charge is 0.328 e. The van der Waals surface area contributed by atoms with Gasteiger partial charge in [0.2, 0.25) is 0 Å². The first-order valence-electron chi connectivity index (χ1n) is 15.6. The van der Waals surface area contributed by atoms with Crippen molar-refractivity contribution in [2.45, 2.75) is 69.9 Å². The summed E-state index contributed by atoms with van der Waals surface area (Å²) in [6.07, 6.45) is 15.5. The van der Waals surface area contributed by atoms with Crippen molar-refractivity contribution in [3.05, 3.63) is 77.4 Å². The Labute approximate surface area is 256 Å². The van der Waals surface area contributed by atoms with Gasteiger partial charge in [-0.25, -0.2) is 9.78 Å². The number of benzene rings is 2. The molecule has 2 N–H and O–H groups in total. The van der Waals surface area contributed by atoms with E-state index in [9.17, 15) is 9.59 Å². The van der Waals surface area contributed by atoms with Crippen LogP contribution < -0.4 is 5.32 Å². The predicted octanol–water partition coefficient (Wildman–Crippen LogP) is 6.65. The molecule has 0 atom stereocenters. The van der Waals surface area contributed by atoms with Crippen LogP contribution in [0.4, 0.5) is 0 Å². The van der Waals surface area contributed by atoms with Crippen LogP contribution in [0.15, 0.2) is 54.9 Å². The van der Waals surface area contributed by atoms with E-state index >= 15 is 0 Å². The number of amides is 1. The first-order valence-corrected chi connectivity index (χ1v) is 15.6. The quantitative estimate of drug-likeness (QED) is 0.207. The zero-order chi connectivity index (χ0) is 30.6. The molecular formula is C35H38N6O3. The number of carbonyl (C=O) groups excluding carboxylic acids is 1. The lowest BCUT2D eigenvalue weighted by atomic mass is 9.75. The summed E-state index contributed by atoms with van der Waals surface area (Å²) in [4.78, 5) is 29.9. The topological polar surface area (TPSA) is 107 Å². The van der Waals surface area contributed by atoms with Gasteiger partial charge in [0.05, 0.1) is 28.5 Å². The second-order valence-corrected chi connectivity index (χ2v) is 12.6. The van der Waals surface area contributed by atoms with Gasteiger partial charge in [-0.1, -0.05) is 25.3 Å². The molecule has 3 heterocycles. The summed E-state index contributed by atoms with van der Waals surface area (Å²) in [5, 5.41) is 18.0. The van der Waals surface area contributed by atoms with Crippen LogP contribution in [0.2, 0.25) is 0 Å². The van der Waals surface area contributed by atoms with E-state index in [1.54, 1.807) is 6.08 Å². The molecule has 3 aromatic heterocycles. The number of carboxylic acid groups (broad SMARTS) is 1. The summed E-state index contributed by atoms with van der Waals surface area (Å²) in [7, 11) is 3.91. The van der Waals surface area contributed by atoms with Gasteiger partial charge in [-0.3, -0.25) is 9.48 Å². The fourth-order valence-corrected chi connectivity index (χ4v) is 7.36. The Kier molecular flexibility index (Phi) is 6.91. The van der Waals surface area contributed by atoms with E-state index in [-0.39, 0.29) is 5.91 Å². The van der Waals surface area contributed by atoms with Gasteiger partial charge < -0.3 is 19.6 Å². The van der Waals surface area contributed by atoms with E-state index in [1.807, 2.05) is 53.8 Å². The van der Waals surface area contributed by atoms with E-state index in [2.05, 4.69) is 40.2 Å². The molecule has 2 aliphatic carbocycles. The summed E-state index contributed by atoms with van der Waals surface area (Å²) in [5.74, 6) is -0.262. The van der Waals surface area contributed by atoms with E-state index in [0.717, 1.165) is 71.6 Å². The second-order valence-electron chi connectivity index (χ2n) is 12.6. The number of fused-ring (bicyclic) bond motifs is 2. The highest BCUT2D eigenvalue weighted by molar-refractivity contribution is 6.01. The molecule has 2 saturated carbocycles. The predicted molar refractivity (Wildman–Crippen MR) is 171 cm³/mol. The van der Waals surface area contributed by atoms with Crippen molar-refractivity contribution >= 4 is 39.9 Å². The first-order chi connectivity index (χ1) is 21.2. The highest BCUT2D eigenvalue weighted by Gasteiger charge is 2.44. The lowest BCUT2D eigenvalue weighted by molar-refractivity contribution is -0.131. The van der Waals surface area contributed by atoms with Crippen LogP contribution in [0.25, 0.3) is 39.3 Å². The molecule has 9 heteroatoms. The Hall–Kier alpha value is -4.66. The van der Waals surface area contributed by atoms with Gasteiger partial charge in [0, 0.05) is 54.4 Å². The Morgan fingerprint density at radius 2 is 1.82 bits per heavy atom. The third-order valence-corrected chi connectivity index (χ3v) is 9.75. The van der Waals surface area contributed by atoms with Crippen LogP contribution in [-0.4, -0.2) is 40.9 Å². The molecule has 0 spiro atoms. The Balaban J connectivity index is 1.24. The zero-order valence-electron chi connectivity index (χ0n) is 25.5. The highest BCUT2D eigenvalue weighted by atomic mass is 16.4. The van der Waals surface area contributed by atoms with Crippen LogP contribution >= 0.6 is 0 Å². The van der Waals surface area contributed by atoms with Gasteiger partial charge in [-0.05, 0) is 86.6 Å². The van der Waals surface area contributed by atoms with Crippen LogP contribution in [0.5, 0.6) is 0 Å². The number of imidazole rings is 1. The standard InChI is InChI=1S/C35H38N6O3/c1-22-27-19-24(12-14-29(27)41(26-8-5-4-6-9-26)32(22)25-20-36-39(2)21-25)33(44)38-35(16-7-17-35)34-37-28-13-10-23(11-15-31(42)43)18-30(28)40(34)3/h10-15,18-21,26H,4-9,16-17H2,1-3H3,(H,38,44)(H,42,43)/b15-11+. The largest absolute Gasteiger partial charge is 0.478 e. The summed E-state index contributed by atoms with van der Waals surface area (Å²) >= 11 is 0. The molecular weight excluding hydrogens is 552 g/mol.